The van der Waals surface area contributed by atoms with E-state index in [2.05, 4.69) is 74.0 Å². The second-order valence-corrected chi connectivity index (χ2v) is 9.18. The van der Waals surface area contributed by atoms with Crippen LogP contribution >= 0.6 is 0 Å². The highest BCUT2D eigenvalue weighted by Gasteiger charge is 2.22. The molecule has 5 heteroatoms. The van der Waals surface area contributed by atoms with Crippen LogP contribution in [-0.4, -0.2) is 26.0 Å². The minimum Gasteiger partial charge on any atom is -0.367 e. The maximum Gasteiger partial charge on any atom is 0.253 e. The van der Waals surface area contributed by atoms with Crippen molar-refractivity contribution in [2.45, 2.75) is 54.0 Å². The summed E-state index contributed by atoms with van der Waals surface area (Å²) in [7, 11) is 1.79. The number of benzene rings is 1. The van der Waals surface area contributed by atoms with Crippen LogP contribution in [0.1, 0.15) is 55.5 Å². The minimum absolute atomic E-state index is 0.0302. The summed E-state index contributed by atoms with van der Waals surface area (Å²) in [4.78, 5) is 24.3. The lowest BCUT2D eigenvalue weighted by molar-refractivity contribution is 0.324. The SMILES string of the molecule is CC/C=C(/C(C)=C(/C)c1nc(C)cc(=O)n1C)N1CCc2ncc(-c3ccccc3C)cc2C1. The van der Waals surface area contributed by atoms with Gasteiger partial charge in [0.2, 0.25) is 0 Å². The van der Waals surface area contributed by atoms with Crippen molar-refractivity contribution in [2.75, 3.05) is 6.54 Å². The lowest BCUT2D eigenvalue weighted by Gasteiger charge is -2.33. The van der Waals surface area contributed by atoms with Crippen molar-refractivity contribution in [3.63, 3.8) is 0 Å². The molecule has 1 aliphatic heterocycles. The van der Waals surface area contributed by atoms with Gasteiger partial charge in [-0.05, 0) is 68.0 Å². The molecule has 0 saturated heterocycles. The van der Waals surface area contributed by atoms with Gasteiger partial charge in [0, 0.05) is 61.5 Å². The summed E-state index contributed by atoms with van der Waals surface area (Å²) in [6.07, 6.45) is 6.15. The quantitative estimate of drug-likeness (QED) is 0.471. The van der Waals surface area contributed by atoms with E-state index in [0.717, 1.165) is 48.6 Å². The predicted molar refractivity (Wildman–Crippen MR) is 139 cm³/mol. The van der Waals surface area contributed by atoms with Gasteiger partial charge in [0.25, 0.3) is 5.56 Å². The maximum absolute atomic E-state index is 12.4. The van der Waals surface area contributed by atoms with Crippen LogP contribution in [0.2, 0.25) is 0 Å². The Morgan fingerprint density at radius 3 is 2.65 bits per heavy atom. The van der Waals surface area contributed by atoms with E-state index >= 15 is 0 Å². The van der Waals surface area contributed by atoms with E-state index in [9.17, 15) is 4.79 Å². The Balaban J connectivity index is 1.71. The summed E-state index contributed by atoms with van der Waals surface area (Å²) in [5.74, 6) is 0.727. The van der Waals surface area contributed by atoms with Gasteiger partial charge in [-0.25, -0.2) is 4.98 Å². The second kappa shape index (κ2) is 9.80. The number of nitrogens with zero attached hydrogens (tertiary/aromatic N) is 4. The summed E-state index contributed by atoms with van der Waals surface area (Å²) in [6.45, 7) is 12.1. The molecule has 1 aromatic carbocycles. The summed E-state index contributed by atoms with van der Waals surface area (Å²) >= 11 is 0. The summed E-state index contributed by atoms with van der Waals surface area (Å²) in [5, 5.41) is 0. The Bertz CT molecular complexity index is 1350. The first-order valence-corrected chi connectivity index (χ1v) is 12.0. The maximum atomic E-state index is 12.4. The molecule has 3 aromatic rings. The number of fused-ring (bicyclic) bond motifs is 1. The lowest BCUT2D eigenvalue weighted by atomic mass is 9.96. The van der Waals surface area contributed by atoms with E-state index in [1.807, 2.05) is 13.1 Å². The van der Waals surface area contributed by atoms with E-state index < -0.39 is 0 Å². The molecule has 0 unspecified atom stereocenters. The molecule has 0 amide bonds. The molecule has 0 radical (unpaired) electrons. The largest absolute Gasteiger partial charge is 0.367 e. The fourth-order valence-corrected chi connectivity index (χ4v) is 4.74. The molecule has 1 aliphatic rings. The number of aromatic nitrogens is 3. The first-order chi connectivity index (χ1) is 16.3. The van der Waals surface area contributed by atoms with Gasteiger partial charge in [-0.15, -0.1) is 0 Å². The van der Waals surface area contributed by atoms with Gasteiger partial charge in [-0.3, -0.25) is 14.3 Å². The first kappa shape index (κ1) is 23.7. The molecular formula is C29H34N4O. The van der Waals surface area contributed by atoms with Crippen LogP contribution in [0, 0.1) is 13.8 Å². The highest BCUT2D eigenvalue weighted by molar-refractivity contribution is 5.68. The zero-order chi connectivity index (χ0) is 24.4. The van der Waals surface area contributed by atoms with Crippen LogP contribution in [0.4, 0.5) is 0 Å². The zero-order valence-electron chi connectivity index (χ0n) is 21.1. The van der Waals surface area contributed by atoms with E-state index in [0.29, 0.717) is 0 Å². The first-order valence-electron chi connectivity index (χ1n) is 12.0. The molecule has 5 nitrogen and oxygen atoms in total. The average Bonchev–Trinajstić information content (AvgIpc) is 2.83. The Kier molecular flexibility index (Phi) is 6.82. The molecule has 0 atom stereocenters. The molecule has 4 rings (SSSR count). The fraction of sp³-hybridized carbons (Fsp3) is 0.345. The number of allylic oxidation sites excluding steroid dienone is 3. The van der Waals surface area contributed by atoms with Crippen LogP contribution < -0.4 is 5.56 Å². The van der Waals surface area contributed by atoms with E-state index in [-0.39, 0.29) is 5.56 Å². The fourth-order valence-electron chi connectivity index (χ4n) is 4.74. The molecule has 0 saturated carbocycles. The van der Waals surface area contributed by atoms with Gasteiger partial charge in [-0.2, -0.15) is 0 Å². The third-order valence-electron chi connectivity index (χ3n) is 6.78. The molecule has 3 heterocycles. The standard InChI is InChI=1S/C29H34N4O/c1-7-10-27(21(4)22(5)29-31-20(3)15-28(34)32(29)6)33-14-13-26-24(18-33)16-23(17-30-26)25-12-9-8-11-19(25)2/h8-12,15-17H,7,13-14,18H2,1-6H3/b22-21-,27-10-. The molecular weight excluding hydrogens is 420 g/mol. The van der Waals surface area contributed by atoms with Gasteiger partial charge >= 0.3 is 0 Å². The third kappa shape index (κ3) is 4.60. The van der Waals surface area contributed by atoms with Crippen molar-refractivity contribution in [1.29, 1.82) is 0 Å². The van der Waals surface area contributed by atoms with Gasteiger partial charge in [0.05, 0.1) is 0 Å². The van der Waals surface area contributed by atoms with Gasteiger partial charge in [-0.1, -0.05) is 37.3 Å². The van der Waals surface area contributed by atoms with Crippen molar-refractivity contribution < 1.29 is 0 Å². The average molecular weight is 455 g/mol. The van der Waals surface area contributed by atoms with Crippen molar-refractivity contribution in [3.8, 4) is 11.1 Å². The number of rotatable bonds is 5. The van der Waals surface area contributed by atoms with Gasteiger partial charge < -0.3 is 4.90 Å². The van der Waals surface area contributed by atoms with Crippen LogP contribution in [0.25, 0.3) is 16.7 Å². The number of aryl methyl sites for hydroxylation is 2. The van der Waals surface area contributed by atoms with Crippen LogP contribution in [0.3, 0.4) is 0 Å². The Labute approximate surface area is 202 Å². The van der Waals surface area contributed by atoms with E-state index in [4.69, 9.17) is 4.98 Å². The highest BCUT2D eigenvalue weighted by atomic mass is 16.1. The van der Waals surface area contributed by atoms with E-state index in [1.54, 1.807) is 17.7 Å². The van der Waals surface area contributed by atoms with Crippen LogP contribution in [0.15, 0.2) is 64.7 Å². The molecule has 0 N–H and O–H groups in total. The number of hydrogen-bond acceptors (Lipinski definition) is 4. The predicted octanol–water partition coefficient (Wildman–Crippen LogP) is 5.60. The third-order valence-corrected chi connectivity index (χ3v) is 6.78. The monoisotopic (exact) mass is 454 g/mol. The zero-order valence-corrected chi connectivity index (χ0v) is 21.1. The lowest BCUT2D eigenvalue weighted by Crippen LogP contribution is -2.31. The van der Waals surface area contributed by atoms with Crippen molar-refractivity contribution in [2.24, 2.45) is 7.05 Å². The minimum atomic E-state index is -0.0302. The molecule has 0 aliphatic carbocycles. The summed E-state index contributed by atoms with van der Waals surface area (Å²) < 4.78 is 1.64. The smallest absolute Gasteiger partial charge is 0.253 e. The van der Waals surface area contributed by atoms with Gasteiger partial charge in [0.15, 0.2) is 0 Å². The molecule has 0 spiro atoms. The highest BCUT2D eigenvalue weighted by Crippen LogP contribution is 2.31. The topological polar surface area (TPSA) is 51.0 Å². The van der Waals surface area contributed by atoms with Crippen LogP contribution in [-0.2, 0) is 20.0 Å². The number of hydrogen-bond donors (Lipinski definition) is 0. The van der Waals surface area contributed by atoms with Gasteiger partial charge in [0.1, 0.15) is 5.82 Å². The van der Waals surface area contributed by atoms with Crippen molar-refractivity contribution >= 4 is 5.57 Å². The Morgan fingerprint density at radius 2 is 1.91 bits per heavy atom. The summed E-state index contributed by atoms with van der Waals surface area (Å²) in [5.41, 5.74) is 10.2. The van der Waals surface area contributed by atoms with Crippen molar-refractivity contribution in [3.05, 3.63) is 98.6 Å². The molecule has 2 aromatic heterocycles. The Hall–Kier alpha value is -3.47. The second-order valence-electron chi connectivity index (χ2n) is 9.18. The normalized spacial score (nSPS) is 14.6. The molecule has 0 fully saturated rings. The van der Waals surface area contributed by atoms with E-state index in [1.165, 1.54) is 33.6 Å². The number of pyridine rings is 1. The molecule has 0 bridgehead atoms. The van der Waals surface area contributed by atoms with Crippen molar-refractivity contribution in [1.82, 2.24) is 19.4 Å². The molecule has 34 heavy (non-hydrogen) atoms. The Morgan fingerprint density at radius 1 is 1.15 bits per heavy atom. The van der Waals surface area contributed by atoms with Crippen LogP contribution in [0.5, 0.6) is 0 Å². The summed E-state index contributed by atoms with van der Waals surface area (Å²) in [6, 6.07) is 12.3. The molecule has 176 valence electrons.